The summed E-state index contributed by atoms with van der Waals surface area (Å²) in [5, 5.41) is 25.6. The van der Waals surface area contributed by atoms with Crippen LogP contribution in [0.25, 0.3) is 0 Å². The van der Waals surface area contributed by atoms with Gasteiger partial charge in [-0.15, -0.1) is 0 Å². The standard InChI is InChI=1S/C34H51N7O8/c1-7-18(3)27-33(48)37-21(6)30(45)36-20(5)29(44)35-17-26(43)39-28(19(4)8-2)34(49)41-15-9-10-25(41)32(47)38-24(31(46)40-27)16-22-11-13-23(42)14-12-22/h11-14,18-21,24-25,27-28,42H,7-10,15-17H2,1-6H3,(H,35,44)(H,36,45)(H,37,48)(H,38,47)(H,39,43)(H,40,46)/t18-,19-,20-,21-,24-,25-,27-,28-/m0/s1. The van der Waals surface area contributed by atoms with Crippen molar-refractivity contribution in [2.24, 2.45) is 11.8 Å². The summed E-state index contributed by atoms with van der Waals surface area (Å²) in [5.74, 6) is -4.93. The van der Waals surface area contributed by atoms with E-state index in [-0.39, 0.29) is 30.6 Å². The minimum atomic E-state index is -1.17. The predicted octanol–water partition coefficient (Wildman–Crippen LogP) is -0.388. The largest absolute Gasteiger partial charge is 0.508 e. The predicted molar refractivity (Wildman–Crippen MR) is 179 cm³/mol. The fourth-order valence-electron chi connectivity index (χ4n) is 5.78. The molecule has 8 atom stereocenters. The molecular weight excluding hydrogens is 634 g/mol. The molecule has 0 radical (unpaired) electrons. The van der Waals surface area contributed by atoms with E-state index in [1.807, 2.05) is 13.8 Å². The summed E-state index contributed by atoms with van der Waals surface area (Å²) in [5.41, 5.74) is 0.620. The van der Waals surface area contributed by atoms with Gasteiger partial charge >= 0.3 is 0 Å². The van der Waals surface area contributed by atoms with Gasteiger partial charge in [0.15, 0.2) is 0 Å². The van der Waals surface area contributed by atoms with Gasteiger partial charge in [0.25, 0.3) is 0 Å². The number of phenols is 1. The summed E-state index contributed by atoms with van der Waals surface area (Å²) in [6.07, 6.45) is 1.89. The lowest BCUT2D eigenvalue weighted by Gasteiger charge is -2.32. The lowest BCUT2D eigenvalue weighted by molar-refractivity contribution is -0.143. The van der Waals surface area contributed by atoms with Crippen LogP contribution < -0.4 is 31.9 Å². The monoisotopic (exact) mass is 685 g/mol. The van der Waals surface area contributed by atoms with Crippen molar-refractivity contribution < 1.29 is 38.7 Å². The van der Waals surface area contributed by atoms with Crippen molar-refractivity contribution in [1.29, 1.82) is 0 Å². The number of rotatable bonds is 6. The van der Waals surface area contributed by atoms with Crippen molar-refractivity contribution in [3.8, 4) is 5.75 Å². The second-order valence-electron chi connectivity index (χ2n) is 13.1. The van der Waals surface area contributed by atoms with Crippen LogP contribution in [-0.4, -0.2) is 101 Å². The summed E-state index contributed by atoms with van der Waals surface area (Å²) in [7, 11) is 0. The quantitative estimate of drug-likeness (QED) is 0.209. The Bertz CT molecular complexity index is 1390. The van der Waals surface area contributed by atoms with E-state index in [9.17, 15) is 38.7 Å². The molecule has 2 saturated heterocycles. The third-order valence-electron chi connectivity index (χ3n) is 9.36. The highest BCUT2D eigenvalue weighted by Gasteiger charge is 2.41. The SMILES string of the molecule is CC[C@H](C)[C@@H]1NC(=O)[C@H](Cc2ccc(O)cc2)NC(=O)[C@@H]2CCCN2C(=O)[C@H]([C@@H](C)CC)NC(=O)CNC(=O)[C@H](C)NC(=O)[C@H](C)NC1=O. The van der Waals surface area contributed by atoms with Crippen LogP contribution in [0.4, 0.5) is 0 Å². The molecule has 1 aromatic carbocycles. The van der Waals surface area contributed by atoms with Crippen molar-refractivity contribution in [3.63, 3.8) is 0 Å². The van der Waals surface area contributed by atoms with Gasteiger partial charge in [-0.2, -0.15) is 0 Å². The van der Waals surface area contributed by atoms with Gasteiger partial charge in [0, 0.05) is 13.0 Å². The Morgan fingerprint density at radius 1 is 0.735 bits per heavy atom. The number of benzene rings is 1. The third kappa shape index (κ3) is 10.4. The zero-order valence-electron chi connectivity index (χ0n) is 29.1. The Morgan fingerprint density at radius 2 is 1.33 bits per heavy atom. The highest BCUT2D eigenvalue weighted by molar-refractivity contribution is 5.98. The van der Waals surface area contributed by atoms with E-state index in [2.05, 4.69) is 31.9 Å². The minimum absolute atomic E-state index is 0.0106. The zero-order chi connectivity index (χ0) is 36.4. The normalized spacial score (nSPS) is 28.0. The van der Waals surface area contributed by atoms with Gasteiger partial charge in [0.2, 0.25) is 41.4 Å². The molecule has 0 bridgehead atoms. The van der Waals surface area contributed by atoms with Crippen molar-refractivity contribution >= 4 is 41.4 Å². The summed E-state index contributed by atoms with van der Waals surface area (Å²) in [4.78, 5) is 95.2. The van der Waals surface area contributed by atoms with E-state index < -0.39 is 84.1 Å². The van der Waals surface area contributed by atoms with Crippen molar-refractivity contribution in [2.75, 3.05) is 13.1 Å². The van der Waals surface area contributed by atoms with E-state index in [4.69, 9.17) is 0 Å². The second kappa shape index (κ2) is 17.6. The highest BCUT2D eigenvalue weighted by Crippen LogP contribution is 2.22. The topological polar surface area (TPSA) is 215 Å². The van der Waals surface area contributed by atoms with Crippen molar-refractivity contribution in [2.45, 2.75) is 110 Å². The Kier molecular flexibility index (Phi) is 13.9. The molecule has 1 aromatic rings. The van der Waals surface area contributed by atoms with Crippen LogP contribution in [0, 0.1) is 11.8 Å². The lowest BCUT2D eigenvalue weighted by Crippen LogP contribution is -2.60. The first-order valence-corrected chi connectivity index (χ1v) is 17.0. The Balaban J connectivity index is 2.02. The van der Waals surface area contributed by atoms with E-state index in [1.165, 1.54) is 30.9 Å². The molecule has 0 saturated carbocycles. The summed E-state index contributed by atoms with van der Waals surface area (Å²) in [6.45, 7) is 9.93. The maximum atomic E-state index is 13.9. The number of fused-ring (bicyclic) bond motifs is 1. The van der Waals surface area contributed by atoms with Gasteiger partial charge in [-0.25, -0.2) is 0 Å². The third-order valence-corrected chi connectivity index (χ3v) is 9.36. The Labute approximate surface area is 287 Å². The Morgan fingerprint density at radius 3 is 1.96 bits per heavy atom. The number of carbonyl (C=O) groups is 7. The van der Waals surface area contributed by atoms with E-state index in [0.29, 0.717) is 31.2 Å². The fourth-order valence-corrected chi connectivity index (χ4v) is 5.78. The van der Waals surface area contributed by atoms with Crippen molar-refractivity contribution in [1.82, 2.24) is 36.8 Å². The van der Waals surface area contributed by atoms with Crippen LogP contribution in [0.15, 0.2) is 24.3 Å². The van der Waals surface area contributed by atoms with Gasteiger partial charge in [-0.1, -0.05) is 52.7 Å². The van der Waals surface area contributed by atoms with E-state index in [1.54, 1.807) is 26.0 Å². The number of phenolic OH excluding ortho intramolecular Hbond substituents is 1. The highest BCUT2D eigenvalue weighted by atomic mass is 16.3. The molecule has 2 aliphatic heterocycles. The maximum absolute atomic E-state index is 13.9. The Hall–Kier alpha value is -4.69. The summed E-state index contributed by atoms with van der Waals surface area (Å²) in [6, 6.07) is -0.192. The molecule has 0 unspecified atom stereocenters. The molecule has 0 aliphatic carbocycles. The van der Waals surface area contributed by atoms with Crippen molar-refractivity contribution in [3.05, 3.63) is 29.8 Å². The molecule has 0 aromatic heterocycles. The van der Waals surface area contributed by atoms with Gasteiger partial charge < -0.3 is 41.9 Å². The fraction of sp³-hybridized carbons (Fsp3) is 0.618. The molecule has 15 heteroatoms. The van der Waals surface area contributed by atoms with Gasteiger partial charge in [0.05, 0.1) is 6.54 Å². The molecular formula is C34H51N7O8. The lowest BCUT2D eigenvalue weighted by atomic mass is 9.96. The number of carbonyl (C=O) groups excluding carboxylic acids is 7. The number of hydrogen-bond acceptors (Lipinski definition) is 8. The first kappa shape index (κ1) is 38.8. The van der Waals surface area contributed by atoms with Crippen LogP contribution in [0.3, 0.4) is 0 Å². The van der Waals surface area contributed by atoms with Gasteiger partial charge in [-0.3, -0.25) is 33.6 Å². The molecule has 0 spiro atoms. The molecule has 270 valence electrons. The van der Waals surface area contributed by atoms with Gasteiger partial charge in [0.1, 0.15) is 42.0 Å². The minimum Gasteiger partial charge on any atom is -0.508 e. The first-order chi connectivity index (χ1) is 23.2. The van der Waals surface area contributed by atoms with E-state index >= 15 is 0 Å². The zero-order valence-corrected chi connectivity index (χ0v) is 29.1. The number of nitrogens with one attached hydrogen (secondary N) is 6. The van der Waals surface area contributed by atoms with E-state index in [0.717, 1.165) is 0 Å². The number of amides is 7. The molecule has 2 aliphatic rings. The van der Waals surface area contributed by atoms with Crippen LogP contribution in [0.1, 0.15) is 72.8 Å². The average molecular weight is 686 g/mol. The number of hydrogen-bond donors (Lipinski definition) is 7. The average Bonchev–Trinajstić information content (AvgIpc) is 3.57. The van der Waals surface area contributed by atoms with Crippen LogP contribution in [-0.2, 0) is 40.0 Å². The molecule has 7 amide bonds. The summed E-state index contributed by atoms with van der Waals surface area (Å²) < 4.78 is 0. The number of aromatic hydroxyl groups is 1. The van der Waals surface area contributed by atoms with Gasteiger partial charge in [-0.05, 0) is 56.2 Å². The molecule has 15 nitrogen and oxygen atoms in total. The smallest absolute Gasteiger partial charge is 0.246 e. The molecule has 2 heterocycles. The molecule has 2 fully saturated rings. The molecule has 7 N–H and O–H groups in total. The van der Waals surface area contributed by atoms with Crippen LogP contribution in [0.2, 0.25) is 0 Å². The summed E-state index contributed by atoms with van der Waals surface area (Å²) >= 11 is 0. The molecule has 3 rings (SSSR count). The number of nitrogens with zero attached hydrogens (tertiary/aromatic N) is 1. The van der Waals surface area contributed by atoms with Crippen LogP contribution in [0.5, 0.6) is 5.75 Å². The maximum Gasteiger partial charge on any atom is 0.246 e. The first-order valence-electron chi connectivity index (χ1n) is 17.0. The second-order valence-corrected chi connectivity index (χ2v) is 13.1. The van der Waals surface area contributed by atoms with Crippen LogP contribution >= 0.6 is 0 Å². The molecule has 49 heavy (non-hydrogen) atoms.